The molecule has 0 spiro atoms. The number of amides is 1. The van der Waals surface area contributed by atoms with Crippen molar-refractivity contribution in [1.29, 1.82) is 0 Å². The number of phenolic OH excluding ortho intramolecular Hbond substituents is 1. The molecule has 0 saturated carbocycles. The van der Waals surface area contributed by atoms with Crippen LogP contribution in [0.4, 0.5) is 29.2 Å². The van der Waals surface area contributed by atoms with Gasteiger partial charge in [-0.2, -0.15) is 15.0 Å². The number of aromatic nitrogens is 3. The molecule has 0 bridgehead atoms. The molecule has 3 rings (SSSR count). The number of ketones is 1. The van der Waals surface area contributed by atoms with Crippen LogP contribution >= 0.6 is 0 Å². The molecule has 248 valence electrons. The maximum Gasteiger partial charge on any atom is 0.303 e. The number of hydrogen-bond acceptors (Lipinski definition) is 12. The van der Waals surface area contributed by atoms with Gasteiger partial charge in [-0.3, -0.25) is 9.59 Å². The van der Waals surface area contributed by atoms with Gasteiger partial charge in [-0.05, 0) is 74.7 Å². The smallest absolute Gasteiger partial charge is 0.303 e. The summed E-state index contributed by atoms with van der Waals surface area (Å²) in [7, 11) is 0. The molecule has 0 aliphatic rings. The molecule has 2 aromatic carbocycles. The minimum absolute atomic E-state index is 0.137. The lowest BCUT2D eigenvalue weighted by atomic mass is 10.1. The average molecular weight is 638 g/mol. The van der Waals surface area contributed by atoms with E-state index in [4.69, 9.17) is 14.6 Å². The number of hydrogen-bond donors (Lipinski definition) is 6. The van der Waals surface area contributed by atoms with E-state index in [0.29, 0.717) is 81.7 Å². The van der Waals surface area contributed by atoms with Crippen LogP contribution in [0, 0.1) is 0 Å². The number of carboxylic acid groups (broad SMARTS) is 1. The van der Waals surface area contributed by atoms with Crippen molar-refractivity contribution in [2.24, 2.45) is 0 Å². The number of carboxylic acids is 1. The topological polar surface area (TPSA) is 197 Å². The lowest BCUT2D eigenvalue weighted by Crippen LogP contribution is -2.24. The first kappa shape index (κ1) is 35.7. The van der Waals surface area contributed by atoms with Crippen LogP contribution in [-0.2, 0) is 19.1 Å². The Morgan fingerprint density at radius 2 is 1.26 bits per heavy atom. The van der Waals surface area contributed by atoms with Crippen LogP contribution in [0.5, 0.6) is 5.75 Å². The van der Waals surface area contributed by atoms with Crippen molar-refractivity contribution in [3.63, 3.8) is 0 Å². The monoisotopic (exact) mass is 637 g/mol. The Hall–Kier alpha value is -4.82. The Kier molecular flexibility index (Phi) is 15.7. The number of phenols is 1. The zero-order valence-electron chi connectivity index (χ0n) is 26.1. The number of aromatic hydroxyl groups is 1. The number of benzene rings is 2. The predicted octanol–water partition coefficient (Wildman–Crippen LogP) is 4.64. The molecule has 14 heteroatoms. The fourth-order valence-corrected chi connectivity index (χ4v) is 4.11. The number of nitrogens with one attached hydrogen (secondary N) is 4. The van der Waals surface area contributed by atoms with Crippen molar-refractivity contribution >= 4 is 46.9 Å². The molecule has 6 N–H and O–H groups in total. The van der Waals surface area contributed by atoms with Crippen molar-refractivity contribution in [3.8, 4) is 5.75 Å². The molecule has 1 amide bonds. The normalized spacial score (nSPS) is 10.7. The summed E-state index contributed by atoms with van der Waals surface area (Å²) in [6.07, 6.45) is 4.48. The highest BCUT2D eigenvalue weighted by atomic mass is 16.5. The highest BCUT2D eigenvalue weighted by Crippen LogP contribution is 2.21. The quantitative estimate of drug-likeness (QED) is 0.0622. The lowest BCUT2D eigenvalue weighted by molar-refractivity contribution is -0.137. The second-order valence-corrected chi connectivity index (χ2v) is 10.5. The third-order valence-electron chi connectivity index (χ3n) is 6.48. The van der Waals surface area contributed by atoms with Crippen LogP contribution in [0.3, 0.4) is 0 Å². The molecule has 1 heterocycles. The van der Waals surface area contributed by atoms with Gasteiger partial charge in [0.15, 0.2) is 0 Å². The van der Waals surface area contributed by atoms with Gasteiger partial charge in [0, 0.05) is 49.5 Å². The van der Waals surface area contributed by atoms with E-state index in [-0.39, 0.29) is 35.8 Å². The molecule has 0 fully saturated rings. The molecule has 0 radical (unpaired) electrons. The van der Waals surface area contributed by atoms with E-state index in [1.807, 2.05) is 0 Å². The van der Waals surface area contributed by atoms with Gasteiger partial charge in [0.05, 0.1) is 19.8 Å². The highest BCUT2D eigenvalue weighted by molar-refractivity contribution is 5.94. The Labute approximate surface area is 268 Å². The fourth-order valence-electron chi connectivity index (χ4n) is 4.11. The third kappa shape index (κ3) is 14.8. The number of nitrogens with zero attached hydrogens (tertiary/aromatic N) is 3. The van der Waals surface area contributed by atoms with Crippen molar-refractivity contribution in [1.82, 2.24) is 20.3 Å². The van der Waals surface area contributed by atoms with Gasteiger partial charge in [-0.25, -0.2) is 0 Å². The molecule has 0 unspecified atom stereocenters. The molecule has 1 aromatic heterocycles. The Morgan fingerprint density at radius 1 is 0.674 bits per heavy atom. The van der Waals surface area contributed by atoms with Gasteiger partial charge in [-0.1, -0.05) is 12.8 Å². The number of ether oxygens (including phenoxy) is 2. The first-order chi connectivity index (χ1) is 22.3. The number of aliphatic carboxylic acids is 1. The average Bonchev–Trinajstić information content (AvgIpc) is 3.02. The van der Waals surface area contributed by atoms with Gasteiger partial charge in [0.1, 0.15) is 11.5 Å². The van der Waals surface area contributed by atoms with Crippen LogP contribution in [0.25, 0.3) is 0 Å². The molecule has 0 aliphatic heterocycles. The molecule has 14 nitrogen and oxygen atoms in total. The number of anilines is 5. The van der Waals surface area contributed by atoms with E-state index in [1.165, 1.54) is 0 Å². The number of Topliss-reactive ketones (excluding diaryl/α,β-unsaturated/α-hetero) is 1. The van der Waals surface area contributed by atoms with Crippen LogP contribution < -0.4 is 21.3 Å². The third-order valence-corrected chi connectivity index (χ3v) is 6.48. The SMILES string of the molecule is CC(=O)CCCOCCOCCNc1nc(Nc2ccc(O)cc2)nc(Nc2ccc(C(=O)NCCCCCCC(=O)O)cc2)n1. The number of carbonyl (C=O) groups is 3. The molecular weight excluding hydrogens is 594 g/mol. The number of carbonyl (C=O) groups excluding carboxylic acids is 2. The second kappa shape index (κ2) is 20.3. The van der Waals surface area contributed by atoms with Crippen LogP contribution in [0.2, 0.25) is 0 Å². The zero-order chi connectivity index (χ0) is 33.0. The van der Waals surface area contributed by atoms with Gasteiger partial charge in [0.25, 0.3) is 5.91 Å². The summed E-state index contributed by atoms with van der Waals surface area (Å²) in [4.78, 5) is 47.4. The van der Waals surface area contributed by atoms with Crippen molar-refractivity contribution < 1.29 is 34.1 Å². The molecule has 0 aliphatic carbocycles. The highest BCUT2D eigenvalue weighted by Gasteiger charge is 2.10. The molecule has 3 aromatic rings. The Morgan fingerprint density at radius 3 is 1.89 bits per heavy atom. The van der Waals surface area contributed by atoms with Crippen LogP contribution in [0.1, 0.15) is 62.2 Å². The Bertz CT molecular complexity index is 1370. The summed E-state index contributed by atoms with van der Waals surface area (Å²) >= 11 is 0. The predicted molar refractivity (Wildman–Crippen MR) is 174 cm³/mol. The number of rotatable bonds is 23. The van der Waals surface area contributed by atoms with Crippen molar-refractivity contribution in [3.05, 3.63) is 54.1 Å². The number of unbranched alkanes of at least 4 members (excludes halogenated alkanes) is 3. The molecule has 0 atom stereocenters. The summed E-state index contributed by atoms with van der Waals surface area (Å²) in [5.41, 5.74) is 1.84. The van der Waals surface area contributed by atoms with Gasteiger partial charge < -0.3 is 45.7 Å². The second-order valence-electron chi connectivity index (χ2n) is 10.5. The maximum absolute atomic E-state index is 12.5. The molecule has 46 heavy (non-hydrogen) atoms. The van der Waals surface area contributed by atoms with E-state index in [9.17, 15) is 19.5 Å². The van der Waals surface area contributed by atoms with Gasteiger partial charge >= 0.3 is 5.97 Å². The minimum Gasteiger partial charge on any atom is -0.508 e. The lowest BCUT2D eigenvalue weighted by Gasteiger charge is -2.12. The van der Waals surface area contributed by atoms with E-state index < -0.39 is 5.97 Å². The van der Waals surface area contributed by atoms with E-state index >= 15 is 0 Å². The van der Waals surface area contributed by atoms with Gasteiger partial charge in [0.2, 0.25) is 17.8 Å². The standard InChI is InChI=1S/C32H43N7O7/c1-23(40)7-6-19-45-21-22-46-20-18-34-30-37-31(39-32(38-30)36-26-13-15-27(41)16-14-26)35-25-11-9-24(10-12-25)29(44)33-17-5-3-2-4-8-28(42)43/h9-16,41H,2-8,17-22H2,1H3,(H,33,44)(H,42,43)(H3,34,35,36,37,38,39). The molecular formula is C32H43N7O7. The summed E-state index contributed by atoms with van der Waals surface area (Å²) in [6.45, 7) is 4.28. The summed E-state index contributed by atoms with van der Waals surface area (Å²) in [6, 6.07) is 13.4. The minimum atomic E-state index is -0.788. The first-order valence-corrected chi connectivity index (χ1v) is 15.4. The van der Waals surface area contributed by atoms with Gasteiger partial charge in [-0.15, -0.1) is 0 Å². The first-order valence-electron chi connectivity index (χ1n) is 15.4. The zero-order valence-corrected chi connectivity index (χ0v) is 26.1. The summed E-state index contributed by atoms with van der Waals surface area (Å²) in [5.74, 6) is 0.148. The van der Waals surface area contributed by atoms with E-state index in [0.717, 1.165) is 19.3 Å². The van der Waals surface area contributed by atoms with E-state index in [2.05, 4.69) is 36.2 Å². The molecule has 0 saturated heterocycles. The Balaban J connectivity index is 1.51. The van der Waals surface area contributed by atoms with E-state index in [1.54, 1.807) is 55.5 Å². The summed E-state index contributed by atoms with van der Waals surface area (Å²) in [5, 5.41) is 30.6. The van der Waals surface area contributed by atoms with Crippen LogP contribution in [0.15, 0.2) is 48.5 Å². The van der Waals surface area contributed by atoms with Crippen molar-refractivity contribution in [2.75, 3.05) is 55.5 Å². The van der Waals surface area contributed by atoms with Crippen molar-refractivity contribution in [2.45, 2.75) is 51.9 Å². The largest absolute Gasteiger partial charge is 0.508 e. The fraction of sp³-hybridized carbons (Fsp3) is 0.438. The maximum atomic E-state index is 12.5. The van der Waals surface area contributed by atoms with Crippen LogP contribution in [-0.4, -0.2) is 82.3 Å². The summed E-state index contributed by atoms with van der Waals surface area (Å²) < 4.78 is 11.1.